The normalized spacial score (nSPS) is 11.0. The molecule has 33 heavy (non-hydrogen) atoms. The van der Waals surface area contributed by atoms with E-state index < -0.39 is 22.4 Å². The summed E-state index contributed by atoms with van der Waals surface area (Å²) in [7, 11) is 0. The van der Waals surface area contributed by atoms with Crippen molar-refractivity contribution in [3.63, 3.8) is 0 Å². The van der Waals surface area contributed by atoms with Gasteiger partial charge >= 0.3 is 0 Å². The first kappa shape index (κ1) is 23.6. The highest BCUT2D eigenvalue weighted by Gasteiger charge is 2.17. The molecule has 0 bridgehead atoms. The lowest BCUT2D eigenvalue weighted by Crippen LogP contribution is -2.21. The molecule has 9 nitrogen and oxygen atoms in total. The molecule has 0 unspecified atom stereocenters. The molecule has 3 aromatic carbocycles. The van der Waals surface area contributed by atoms with Crippen LogP contribution in [0.1, 0.15) is 31.8 Å². The molecule has 0 fully saturated rings. The van der Waals surface area contributed by atoms with Gasteiger partial charge in [-0.15, -0.1) is 0 Å². The van der Waals surface area contributed by atoms with E-state index in [1.54, 1.807) is 48.5 Å². The number of nitrogens with zero attached hydrogens (tertiary/aromatic N) is 3. The molecule has 0 radical (unpaired) electrons. The molecule has 2 N–H and O–H groups in total. The molecular weight excluding hydrogens is 469 g/mol. The van der Waals surface area contributed by atoms with Crippen molar-refractivity contribution in [3.8, 4) is 0 Å². The fourth-order valence-electron chi connectivity index (χ4n) is 2.54. The Hall–Kier alpha value is -4.08. The van der Waals surface area contributed by atoms with Gasteiger partial charge in [0.1, 0.15) is 0 Å². The predicted octanol–water partition coefficient (Wildman–Crippen LogP) is 4.43. The van der Waals surface area contributed by atoms with E-state index >= 15 is 0 Å². The molecule has 0 saturated heterocycles. The Morgan fingerprint density at radius 2 is 1.15 bits per heavy atom. The van der Waals surface area contributed by atoms with Crippen LogP contribution in [0.5, 0.6) is 0 Å². The van der Waals surface area contributed by atoms with Gasteiger partial charge < -0.3 is 0 Å². The van der Waals surface area contributed by atoms with E-state index in [9.17, 15) is 19.7 Å². The number of carbonyl (C=O) groups is 2. The summed E-state index contributed by atoms with van der Waals surface area (Å²) >= 11 is 11.6. The van der Waals surface area contributed by atoms with Crippen molar-refractivity contribution >= 4 is 53.1 Å². The standard InChI is InChI=1S/C22H15Cl2N5O4/c23-18-5-1-14(2-6-18)12-25-27-21(30)16-9-17(11-20(10-16)29(32)33)22(31)28-26-13-15-3-7-19(24)8-4-15/h1-13H,(H,27,30)(H,28,31)/b25-12-,26-13-. The minimum absolute atomic E-state index is 0.121. The second-order valence-corrected chi connectivity index (χ2v) is 7.40. The lowest BCUT2D eigenvalue weighted by atomic mass is 10.1. The van der Waals surface area contributed by atoms with Gasteiger partial charge in [-0.2, -0.15) is 10.2 Å². The highest BCUT2D eigenvalue weighted by molar-refractivity contribution is 6.30. The number of hydrogen-bond donors (Lipinski definition) is 2. The van der Waals surface area contributed by atoms with Crippen molar-refractivity contribution in [2.75, 3.05) is 0 Å². The number of nitro benzene ring substituents is 1. The van der Waals surface area contributed by atoms with E-state index in [1.807, 2.05) is 0 Å². The van der Waals surface area contributed by atoms with Crippen LogP contribution in [0.15, 0.2) is 76.9 Å². The van der Waals surface area contributed by atoms with Gasteiger partial charge in [0.05, 0.1) is 17.4 Å². The fourth-order valence-corrected chi connectivity index (χ4v) is 2.79. The smallest absolute Gasteiger partial charge is 0.267 e. The number of nitrogens with one attached hydrogen (secondary N) is 2. The van der Waals surface area contributed by atoms with Crippen LogP contribution in [0.4, 0.5) is 5.69 Å². The van der Waals surface area contributed by atoms with Crippen molar-refractivity contribution < 1.29 is 14.5 Å². The van der Waals surface area contributed by atoms with Crippen LogP contribution in [0.2, 0.25) is 10.0 Å². The monoisotopic (exact) mass is 483 g/mol. The number of amides is 2. The maximum Gasteiger partial charge on any atom is 0.271 e. The maximum atomic E-state index is 12.4. The molecule has 0 heterocycles. The molecule has 0 spiro atoms. The van der Waals surface area contributed by atoms with Gasteiger partial charge in [-0.05, 0) is 41.5 Å². The summed E-state index contributed by atoms with van der Waals surface area (Å²) in [6.45, 7) is 0. The molecule has 0 aromatic heterocycles. The second-order valence-electron chi connectivity index (χ2n) is 6.53. The number of rotatable bonds is 7. The van der Waals surface area contributed by atoms with Gasteiger partial charge in [0.25, 0.3) is 17.5 Å². The largest absolute Gasteiger partial charge is 0.271 e. The first-order chi connectivity index (χ1) is 15.8. The Morgan fingerprint density at radius 3 is 1.52 bits per heavy atom. The third kappa shape index (κ3) is 6.96. The van der Waals surface area contributed by atoms with E-state index in [0.29, 0.717) is 21.2 Å². The van der Waals surface area contributed by atoms with E-state index in [0.717, 1.165) is 12.1 Å². The molecule has 3 aromatic rings. The number of hydrazone groups is 2. The minimum atomic E-state index is -0.734. The van der Waals surface area contributed by atoms with Crippen LogP contribution in [-0.2, 0) is 0 Å². The topological polar surface area (TPSA) is 126 Å². The minimum Gasteiger partial charge on any atom is -0.267 e. The molecular formula is C22H15Cl2N5O4. The second kappa shape index (κ2) is 11.0. The summed E-state index contributed by atoms with van der Waals surface area (Å²) < 4.78 is 0. The highest BCUT2D eigenvalue weighted by atomic mass is 35.5. The van der Waals surface area contributed by atoms with E-state index in [2.05, 4.69) is 21.1 Å². The highest BCUT2D eigenvalue weighted by Crippen LogP contribution is 2.18. The van der Waals surface area contributed by atoms with Crippen molar-refractivity contribution in [2.45, 2.75) is 0 Å². The zero-order valence-corrected chi connectivity index (χ0v) is 18.2. The third-order valence-corrected chi connectivity index (χ3v) is 4.66. The number of nitro groups is 1. The number of non-ortho nitro benzene ring substituents is 1. The summed E-state index contributed by atoms with van der Waals surface area (Å²) in [5.74, 6) is -1.47. The maximum absolute atomic E-state index is 12.4. The van der Waals surface area contributed by atoms with E-state index in [-0.39, 0.29) is 11.1 Å². The van der Waals surface area contributed by atoms with Crippen LogP contribution in [-0.4, -0.2) is 29.2 Å². The lowest BCUT2D eigenvalue weighted by molar-refractivity contribution is -0.384. The fraction of sp³-hybridized carbons (Fsp3) is 0. The summed E-state index contributed by atoms with van der Waals surface area (Å²) in [6, 6.07) is 16.7. The molecule has 0 atom stereocenters. The number of benzene rings is 3. The zero-order chi connectivity index (χ0) is 23.8. The average molecular weight is 484 g/mol. The Morgan fingerprint density at radius 1 is 0.758 bits per heavy atom. The number of hydrogen-bond acceptors (Lipinski definition) is 6. The quantitative estimate of drug-likeness (QED) is 0.292. The SMILES string of the molecule is O=C(N/N=C\c1ccc(Cl)cc1)c1cc(C(=O)N/N=C\c2ccc(Cl)cc2)cc([N+](=O)[O-])c1. The zero-order valence-electron chi connectivity index (χ0n) is 16.7. The Labute approximate surface area is 197 Å². The van der Waals surface area contributed by atoms with Crippen LogP contribution < -0.4 is 10.9 Å². The van der Waals surface area contributed by atoms with Crippen LogP contribution >= 0.6 is 23.2 Å². The molecule has 0 aliphatic heterocycles. The predicted molar refractivity (Wildman–Crippen MR) is 126 cm³/mol. The summed E-state index contributed by atoms with van der Waals surface area (Å²) in [6.07, 6.45) is 2.76. The van der Waals surface area contributed by atoms with Gasteiger partial charge in [-0.3, -0.25) is 19.7 Å². The Bertz CT molecular complexity index is 1150. The molecule has 2 amide bonds. The Kier molecular flexibility index (Phi) is 7.85. The van der Waals surface area contributed by atoms with Gasteiger partial charge in [0.2, 0.25) is 0 Å². The van der Waals surface area contributed by atoms with Crippen LogP contribution in [0.25, 0.3) is 0 Å². The van der Waals surface area contributed by atoms with Crippen molar-refractivity contribution in [1.29, 1.82) is 0 Å². The van der Waals surface area contributed by atoms with Gasteiger partial charge in [0, 0.05) is 33.3 Å². The van der Waals surface area contributed by atoms with E-state index in [4.69, 9.17) is 23.2 Å². The first-order valence-corrected chi connectivity index (χ1v) is 10.0. The molecule has 166 valence electrons. The summed E-state index contributed by atoms with van der Waals surface area (Å²) in [4.78, 5) is 35.4. The van der Waals surface area contributed by atoms with Crippen molar-refractivity contribution in [3.05, 3.63) is 109 Å². The van der Waals surface area contributed by atoms with Gasteiger partial charge in [-0.1, -0.05) is 47.5 Å². The van der Waals surface area contributed by atoms with Crippen molar-refractivity contribution in [1.82, 2.24) is 10.9 Å². The molecule has 0 aliphatic carbocycles. The number of halogens is 2. The molecule has 0 aliphatic rings. The molecule has 3 rings (SSSR count). The van der Waals surface area contributed by atoms with Crippen molar-refractivity contribution in [2.24, 2.45) is 10.2 Å². The molecule has 0 saturated carbocycles. The molecule has 11 heteroatoms. The Balaban J connectivity index is 1.73. The first-order valence-electron chi connectivity index (χ1n) is 9.29. The van der Waals surface area contributed by atoms with Crippen LogP contribution in [0, 0.1) is 10.1 Å². The van der Waals surface area contributed by atoms with Crippen LogP contribution in [0.3, 0.4) is 0 Å². The average Bonchev–Trinajstić information content (AvgIpc) is 2.81. The van der Waals surface area contributed by atoms with Gasteiger partial charge in [0.15, 0.2) is 0 Å². The number of carbonyl (C=O) groups excluding carboxylic acids is 2. The third-order valence-electron chi connectivity index (χ3n) is 4.15. The van der Waals surface area contributed by atoms with Gasteiger partial charge in [-0.25, -0.2) is 10.9 Å². The van der Waals surface area contributed by atoms with E-state index in [1.165, 1.54) is 18.5 Å². The lowest BCUT2D eigenvalue weighted by Gasteiger charge is -2.05. The summed E-state index contributed by atoms with van der Waals surface area (Å²) in [5.41, 5.74) is 5.21. The summed E-state index contributed by atoms with van der Waals surface area (Å²) in [5, 5.41) is 20.0.